The Kier molecular flexibility index (Phi) is 9.15. The van der Waals surface area contributed by atoms with Gasteiger partial charge in [-0.25, -0.2) is 14.8 Å². The number of piperidine rings is 1. The molecule has 3 heterocycles. The highest BCUT2D eigenvalue weighted by molar-refractivity contribution is 5.92. The predicted octanol–water partition coefficient (Wildman–Crippen LogP) is 3.60. The van der Waals surface area contributed by atoms with E-state index in [9.17, 15) is 9.59 Å². The Morgan fingerprint density at radius 3 is 2.32 bits per heavy atom. The maximum Gasteiger partial charge on any atom is 0.339 e. The molecule has 1 aromatic carbocycles. The number of nitrogens with one attached hydrogen (secondary N) is 1. The Labute approximate surface area is 223 Å². The average molecular weight is 517 g/mol. The molecule has 3 aromatic rings. The first kappa shape index (κ1) is 27.3. The van der Waals surface area contributed by atoms with E-state index >= 15 is 0 Å². The Balaban J connectivity index is 0.000000257. The zero-order chi connectivity index (χ0) is 27.1. The van der Waals surface area contributed by atoms with Gasteiger partial charge in [-0.15, -0.1) is 0 Å². The molecule has 200 valence electrons. The summed E-state index contributed by atoms with van der Waals surface area (Å²) < 4.78 is 0. The Bertz CT molecular complexity index is 1240. The fourth-order valence-corrected chi connectivity index (χ4v) is 5.43. The summed E-state index contributed by atoms with van der Waals surface area (Å²) in [5.74, 6) is -1.34. The van der Waals surface area contributed by atoms with E-state index in [0.29, 0.717) is 29.0 Å². The fraction of sp³-hybridized carbons (Fsp3) is 0.414. The lowest BCUT2D eigenvalue weighted by atomic mass is 9.88. The molecule has 0 radical (unpaired) electrons. The molecule has 9 nitrogen and oxygen atoms in total. The zero-order valence-corrected chi connectivity index (χ0v) is 22.1. The first-order chi connectivity index (χ1) is 18.3. The third-order valence-corrected chi connectivity index (χ3v) is 7.39. The lowest BCUT2D eigenvalue weighted by molar-refractivity contribution is 0.0694. The summed E-state index contributed by atoms with van der Waals surface area (Å²) in [6.07, 6.45) is 9.12. The molecule has 4 N–H and O–H groups in total. The predicted molar refractivity (Wildman–Crippen MR) is 145 cm³/mol. The van der Waals surface area contributed by atoms with E-state index in [2.05, 4.69) is 32.3 Å². The molecule has 1 saturated heterocycles. The van der Waals surface area contributed by atoms with E-state index in [4.69, 9.17) is 15.8 Å². The maximum atomic E-state index is 11.4. The zero-order valence-electron chi connectivity index (χ0n) is 22.1. The van der Waals surface area contributed by atoms with Crippen LogP contribution in [0.15, 0.2) is 48.9 Å². The van der Waals surface area contributed by atoms with Gasteiger partial charge in [0.2, 0.25) is 5.91 Å². The normalized spacial score (nSPS) is 17.3. The van der Waals surface area contributed by atoms with Crippen LogP contribution < -0.4 is 11.1 Å². The molecular weight excluding hydrogens is 480 g/mol. The first-order valence-electron chi connectivity index (χ1n) is 13.2. The highest BCUT2D eigenvalue weighted by atomic mass is 16.4. The van der Waals surface area contributed by atoms with Gasteiger partial charge in [-0.05, 0) is 88.4 Å². The molecule has 2 aliphatic rings. The largest absolute Gasteiger partial charge is 0.478 e. The summed E-state index contributed by atoms with van der Waals surface area (Å²) in [5, 5.41) is 12.1. The van der Waals surface area contributed by atoms with Crippen LogP contribution in [0.25, 0.3) is 0 Å². The monoisotopic (exact) mass is 516 g/mol. The average Bonchev–Trinajstić information content (AvgIpc) is 2.92. The van der Waals surface area contributed by atoms with Crippen molar-refractivity contribution in [3.8, 4) is 0 Å². The van der Waals surface area contributed by atoms with Crippen LogP contribution in [0, 0.1) is 13.8 Å². The van der Waals surface area contributed by atoms with Gasteiger partial charge in [-0.2, -0.15) is 0 Å². The van der Waals surface area contributed by atoms with Crippen LogP contribution in [0.3, 0.4) is 0 Å². The van der Waals surface area contributed by atoms with Gasteiger partial charge in [0, 0.05) is 24.3 Å². The van der Waals surface area contributed by atoms with Crippen molar-refractivity contribution in [1.82, 2.24) is 25.2 Å². The summed E-state index contributed by atoms with van der Waals surface area (Å²) in [5.41, 5.74) is 11.0. The van der Waals surface area contributed by atoms with Crippen molar-refractivity contribution in [3.63, 3.8) is 0 Å². The number of aryl methyl sites for hydroxylation is 3. The molecule has 0 bridgehead atoms. The van der Waals surface area contributed by atoms with E-state index in [1.165, 1.54) is 29.6 Å². The number of amides is 1. The van der Waals surface area contributed by atoms with Crippen LogP contribution >= 0.6 is 0 Å². The summed E-state index contributed by atoms with van der Waals surface area (Å²) in [4.78, 5) is 36.9. The van der Waals surface area contributed by atoms with Crippen molar-refractivity contribution >= 4 is 11.9 Å². The number of fused-ring (bicyclic) bond motifs is 1. The number of nitrogens with two attached hydrogens (primary N) is 1. The number of carbonyl (C=O) groups excluding carboxylic acids is 1. The van der Waals surface area contributed by atoms with Crippen LogP contribution in [0.5, 0.6) is 0 Å². The minimum absolute atomic E-state index is 0.201. The standard InChI is InChI=1S/C22H28N4O.C7H8N2O2/c23-22(27)18-8-6-16(7-9-18)15-26(19-10-13-24-14-11-19)20-5-1-3-17-4-2-12-25-21(17)20;1-4-6(7(10)11)5(2)9-3-8-4/h2,4,6-9,12,19-20,24H,1,3,5,10-11,13-15H2,(H2,23,27);3H,1-2H3,(H,10,11). The molecule has 0 saturated carbocycles. The van der Waals surface area contributed by atoms with Gasteiger partial charge >= 0.3 is 5.97 Å². The summed E-state index contributed by atoms with van der Waals surface area (Å²) >= 11 is 0. The molecule has 5 rings (SSSR count). The number of benzene rings is 1. The van der Waals surface area contributed by atoms with Crippen LogP contribution in [0.2, 0.25) is 0 Å². The van der Waals surface area contributed by atoms with Gasteiger partial charge in [0.1, 0.15) is 11.9 Å². The van der Waals surface area contributed by atoms with Crippen LogP contribution in [-0.4, -0.2) is 56.0 Å². The molecule has 2 aromatic heterocycles. The molecular formula is C29H36N6O3. The van der Waals surface area contributed by atoms with Gasteiger partial charge < -0.3 is 16.2 Å². The topological polar surface area (TPSA) is 134 Å². The van der Waals surface area contributed by atoms with E-state index in [-0.39, 0.29) is 11.5 Å². The number of rotatable bonds is 6. The Hall–Kier alpha value is -3.69. The van der Waals surface area contributed by atoms with E-state index in [1.54, 1.807) is 13.8 Å². The lowest BCUT2D eigenvalue weighted by Crippen LogP contribution is -2.45. The highest BCUT2D eigenvalue weighted by Gasteiger charge is 2.32. The summed E-state index contributed by atoms with van der Waals surface area (Å²) in [6.45, 7) is 6.33. The quantitative estimate of drug-likeness (QED) is 0.452. The number of pyridine rings is 1. The number of carbonyl (C=O) groups is 2. The van der Waals surface area contributed by atoms with Gasteiger partial charge in [0.15, 0.2) is 0 Å². The van der Waals surface area contributed by atoms with Crippen LogP contribution in [-0.2, 0) is 13.0 Å². The van der Waals surface area contributed by atoms with Crippen molar-refractivity contribution in [3.05, 3.63) is 88.3 Å². The van der Waals surface area contributed by atoms with Crippen LogP contribution in [0.1, 0.15) is 80.6 Å². The molecule has 9 heteroatoms. The number of aromatic nitrogens is 3. The Morgan fingerprint density at radius 1 is 1.03 bits per heavy atom. The highest BCUT2D eigenvalue weighted by Crippen LogP contribution is 2.36. The molecule has 1 atom stereocenters. The molecule has 0 spiro atoms. The van der Waals surface area contributed by atoms with Gasteiger partial charge in [-0.3, -0.25) is 14.7 Å². The van der Waals surface area contributed by atoms with Gasteiger partial charge in [-0.1, -0.05) is 18.2 Å². The van der Waals surface area contributed by atoms with Crippen molar-refractivity contribution in [2.24, 2.45) is 5.73 Å². The molecule has 1 amide bonds. The second kappa shape index (κ2) is 12.7. The number of nitrogens with zero attached hydrogens (tertiary/aromatic N) is 4. The SMILES string of the molecule is Cc1ncnc(C)c1C(=O)O.NC(=O)c1ccc(CN(C2CCNCC2)C2CCCc3cccnc32)cc1. The van der Waals surface area contributed by atoms with Crippen molar-refractivity contribution < 1.29 is 14.7 Å². The van der Waals surface area contributed by atoms with Crippen molar-refractivity contribution in [1.29, 1.82) is 0 Å². The molecule has 1 aliphatic carbocycles. The minimum atomic E-state index is -0.972. The molecule has 1 aliphatic heterocycles. The smallest absolute Gasteiger partial charge is 0.339 e. The third kappa shape index (κ3) is 6.59. The summed E-state index contributed by atoms with van der Waals surface area (Å²) in [7, 11) is 0. The van der Waals surface area contributed by atoms with E-state index < -0.39 is 5.97 Å². The second-order valence-corrected chi connectivity index (χ2v) is 9.90. The number of aromatic carboxylic acids is 1. The third-order valence-electron chi connectivity index (χ3n) is 7.39. The van der Waals surface area contributed by atoms with Crippen molar-refractivity contribution in [2.45, 2.75) is 64.6 Å². The summed E-state index contributed by atoms with van der Waals surface area (Å²) in [6, 6.07) is 13.0. The van der Waals surface area contributed by atoms with E-state index in [0.717, 1.165) is 45.3 Å². The lowest BCUT2D eigenvalue weighted by Gasteiger charge is -2.42. The van der Waals surface area contributed by atoms with Crippen LogP contribution in [0.4, 0.5) is 0 Å². The number of hydrogen-bond acceptors (Lipinski definition) is 7. The first-order valence-corrected chi connectivity index (χ1v) is 13.2. The van der Waals surface area contributed by atoms with Gasteiger partial charge in [0.25, 0.3) is 0 Å². The van der Waals surface area contributed by atoms with E-state index in [1.807, 2.05) is 30.5 Å². The number of hydrogen-bond donors (Lipinski definition) is 3. The van der Waals surface area contributed by atoms with Crippen molar-refractivity contribution in [2.75, 3.05) is 13.1 Å². The number of carboxylic acids is 1. The molecule has 1 unspecified atom stereocenters. The Morgan fingerprint density at radius 2 is 1.71 bits per heavy atom. The fourth-order valence-electron chi connectivity index (χ4n) is 5.43. The number of primary amides is 1. The molecule has 38 heavy (non-hydrogen) atoms. The minimum Gasteiger partial charge on any atom is -0.478 e. The number of carboxylic acid groups (broad SMARTS) is 1. The van der Waals surface area contributed by atoms with Gasteiger partial charge in [0.05, 0.1) is 23.1 Å². The second-order valence-electron chi connectivity index (χ2n) is 9.90. The maximum absolute atomic E-state index is 11.4. The molecule has 1 fully saturated rings.